The number of benzene rings is 1. The van der Waals surface area contributed by atoms with Crippen LogP contribution in [0.4, 0.5) is 5.13 Å². The van der Waals surface area contributed by atoms with Gasteiger partial charge in [0.05, 0.1) is 11.2 Å². The van der Waals surface area contributed by atoms with Gasteiger partial charge in [-0.1, -0.05) is 18.2 Å². The van der Waals surface area contributed by atoms with Crippen LogP contribution in [0.3, 0.4) is 0 Å². The molecule has 28 heavy (non-hydrogen) atoms. The first-order valence-corrected chi connectivity index (χ1v) is 12.5. The third kappa shape index (κ3) is 4.51. The highest BCUT2D eigenvalue weighted by molar-refractivity contribution is 7.93. The van der Waals surface area contributed by atoms with E-state index in [9.17, 15) is 21.6 Å². The molecule has 1 fully saturated rings. The number of carbonyl (C=O) groups excluding carboxylic acids is 1. The molecule has 0 radical (unpaired) electrons. The number of nitrogens with one attached hydrogen (secondary N) is 1. The quantitative estimate of drug-likeness (QED) is 0.734. The molecule has 1 aliphatic heterocycles. The van der Waals surface area contributed by atoms with Crippen LogP contribution >= 0.6 is 11.3 Å². The van der Waals surface area contributed by atoms with Gasteiger partial charge in [-0.3, -0.25) is 9.52 Å². The van der Waals surface area contributed by atoms with E-state index in [-0.39, 0.29) is 47.8 Å². The minimum atomic E-state index is -3.79. The summed E-state index contributed by atoms with van der Waals surface area (Å²) in [5, 5.41) is 0.111. The average molecular weight is 445 g/mol. The van der Waals surface area contributed by atoms with Gasteiger partial charge in [0.25, 0.3) is 15.9 Å². The summed E-state index contributed by atoms with van der Waals surface area (Å²) in [6.45, 7) is 2.66. The van der Waals surface area contributed by atoms with Gasteiger partial charge >= 0.3 is 0 Å². The summed E-state index contributed by atoms with van der Waals surface area (Å²) in [5.74, 6) is -0.341. The van der Waals surface area contributed by atoms with Gasteiger partial charge < -0.3 is 4.90 Å². The van der Waals surface area contributed by atoms with Crippen LogP contribution in [-0.2, 0) is 20.0 Å². The Morgan fingerprint density at radius 2 is 1.68 bits per heavy atom. The highest BCUT2D eigenvalue weighted by Gasteiger charge is 2.29. The molecule has 1 aromatic carbocycles. The third-order valence-corrected chi connectivity index (χ3v) is 7.94. The van der Waals surface area contributed by atoms with E-state index >= 15 is 0 Å². The minimum Gasteiger partial charge on any atom is -0.335 e. The fourth-order valence-electron chi connectivity index (χ4n) is 2.78. The highest BCUT2D eigenvalue weighted by Crippen LogP contribution is 2.26. The zero-order valence-electron chi connectivity index (χ0n) is 15.3. The van der Waals surface area contributed by atoms with Gasteiger partial charge in [0.1, 0.15) is 5.69 Å². The molecular weight excluding hydrogens is 424 g/mol. The molecule has 1 saturated heterocycles. The molecular formula is C16H20N4O5S3. The number of rotatable bonds is 5. The first-order valence-electron chi connectivity index (χ1n) is 8.37. The van der Waals surface area contributed by atoms with Gasteiger partial charge in [0.15, 0.2) is 5.13 Å². The van der Waals surface area contributed by atoms with Gasteiger partial charge in [-0.05, 0) is 19.1 Å². The molecule has 9 nitrogen and oxygen atoms in total. The largest absolute Gasteiger partial charge is 0.335 e. The maximum atomic E-state index is 12.8. The molecule has 1 N–H and O–H groups in total. The third-order valence-electron chi connectivity index (χ3n) is 4.27. The summed E-state index contributed by atoms with van der Waals surface area (Å²) in [6.07, 6.45) is 1.14. The Morgan fingerprint density at radius 3 is 2.25 bits per heavy atom. The molecule has 0 aliphatic carbocycles. The Bertz CT molecular complexity index is 1070. The van der Waals surface area contributed by atoms with Crippen LogP contribution in [0.15, 0.2) is 35.2 Å². The zero-order chi connectivity index (χ0) is 20.5. The van der Waals surface area contributed by atoms with Crippen molar-refractivity contribution in [2.24, 2.45) is 0 Å². The second kappa shape index (κ2) is 7.78. The molecule has 1 aliphatic rings. The van der Waals surface area contributed by atoms with E-state index in [0.717, 1.165) is 17.6 Å². The predicted octanol–water partition coefficient (Wildman–Crippen LogP) is 0.970. The number of amides is 1. The lowest BCUT2D eigenvalue weighted by atomic mass is 10.3. The molecule has 152 valence electrons. The maximum Gasteiger partial charge on any atom is 0.273 e. The van der Waals surface area contributed by atoms with Crippen molar-refractivity contribution >= 4 is 42.4 Å². The van der Waals surface area contributed by atoms with Gasteiger partial charge in [-0.15, -0.1) is 11.3 Å². The Kier molecular flexibility index (Phi) is 5.75. The van der Waals surface area contributed by atoms with E-state index in [1.807, 2.05) is 0 Å². The molecule has 0 spiro atoms. The van der Waals surface area contributed by atoms with E-state index in [2.05, 4.69) is 9.71 Å². The van der Waals surface area contributed by atoms with Gasteiger partial charge in [0.2, 0.25) is 10.0 Å². The van der Waals surface area contributed by atoms with E-state index in [1.165, 1.54) is 21.3 Å². The second-order valence-corrected chi connectivity index (χ2v) is 11.2. The molecule has 0 bridgehead atoms. The summed E-state index contributed by atoms with van der Waals surface area (Å²) in [5.41, 5.74) is 0.170. The molecule has 12 heteroatoms. The molecule has 0 saturated carbocycles. The van der Waals surface area contributed by atoms with E-state index in [0.29, 0.717) is 4.88 Å². The summed E-state index contributed by atoms with van der Waals surface area (Å²) >= 11 is 1.08. The SMILES string of the molecule is Cc1sc(NS(=O)(=O)c2ccccc2)nc1C(=O)N1CCN(S(C)(=O)=O)CC1. The molecule has 1 aromatic heterocycles. The van der Waals surface area contributed by atoms with Crippen LogP contribution in [0, 0.1) is 6.92 Å². The predicted molar refractivity (Wildman–Crippen MR) is 106 cm³/mol. The van der Waals surface area contributed by atoms with Crippen molar-refractivity contribution in [2.75, 3.05) is 37.2 Å². The lowest BCUT2D eigenvalue weighted by molar-refractivity contribution is 0.0692. The van der Waals surface area contributed by atoms with Crippen molar-refractivity contribution in [1.82, 2.24) is 14.2 Å². The monoisotopic (exact) mass is 444 g/mol. The Hall–Kier alpha value is -2.02. The minimum absolute atomic E-state index is 0.104. The van der Waals surface area contributed by atoms with Crippen LogP contribution in [-0.4, -0.2) is 69.4 Å². The molecule has 1 amide bonds. The number of piperazine rings is 1. The number of hydrogen-bond acceptors (Lipinski definition) is 7. The Labute approximate surface area is 168 Å². The fourth-order valence-corrected chi connectivity index (χ4v) is 5.67. The fraction of sp³-hybridized carbons (Fsp3) is 0.375. The molecule has 3 rings (SSSR count). The maximum absolute atomic E-state index is 12.8. The summed E-state index contributed by atoms with van der Waals surface area (Å²) in [4.78, 5) is 19.1. The normalized spacial score (nSPS) is 16.1. The summed E-state index contributed by atoms with van der Waals surface area (Å²) in [6, 6.07) is 7.89. The molecule has 0 unspecified atom stereocenters. The standard InChI is InChI=1S/C16H20N4O5S3/c1-12-14(15(21)19-8-10-20(11-9-19)27(2,22)23)17-16(26-12)18-28(24,25)13-6-4-3-5-7-13/h3-7H,8-11H2,1-2H3,(H,17,18). The van der Waals surface area contributed by atoms with Gasteiger partial charge in [-0.2, -0.15) is 4.31 Å². The van der Waals surface area contributed by atoms with E-state index in [1.54, 1.807) is 25.1 Å². The highest BCUT2D eigenvalue weighted by atomic mass is 32.2. The average Bonchev–Trinajstić information content (AvgIpc) is 3.00. The van der Waals surface area contributed by atoms with Crippen LogP contribution in [0.5, 0.6) is 0 Å². The van der Waals surface area contributed by atoms with Crippen molar-refractivity contribution in [1.29, 1.82) is 0 Å². The Balaban J connectivity index is 1.73. The van der Waals surface area contributed by atoms with Crippen molar-refractivity contribution in [3.05, 3.63) is 40.9 Å². The Morgan fingerprint density at radius 1 is 1.07 bits per heavy atom. The van der Waals surface area contributed by atoms with Crippen LogP contribution in [0.2, 0.25) is 0 Å². The number of aromatic nitrogens is 1. The smallest absolute Gasteiger partial charge is 0.273 e. The summed E-state index contributed by atoms with van der Waals surface area (Å²) in [7, 11) is -7.08. The van der Waals surface area contributed by atoms with Gasteiger partial charge in [0, 0.05) is 31.1 Å². The lowest BCUT2D eigenvalue weighted by Crippen LogP contribution is -2.50. The number of hydrogen-bond donors (Lipinski definition) is 1. The van der Waals surface area contributed by atoms with Crippen molar-refractivity contribution in [3.8, 4) is 0 Å². The van der Waals surface area contributed by atoms with Crippen LogP contribution < -0.4 is 4.72 Å². The van der Waals surface area contributed by atoms with Crippen molar-refractivity contribution < 1.29 is 21.6 Å². The van der Waals surface area contributed by atoms with E-state index in [4.69, 9.17) is 0 Å². The number of sulfonamides is 2. The van der Waals surface area contributed by atoms with Crippen LogP contribution in [0.25, 0.3) is 0 Å². The molecule has 0 atom stereocenters. The van der Waals surface area contributed by atoms with Crippen molar-refractivity contribution in [2.45, 2.75) is 11.8 Å². The lowest BCUT2D eigenvalue weighted by Gasteiger charge is -2.32. The number of aryl methyl sites for hydroxylation is 1. The molecule has 2 heterocycles. The number of thiazole rings is 1. The summed E-state index contributed by atoms with van der Waals surface area (Å²) < 4.78 is 51.7. The number of anilines is 1. The zero-order valence-corrected chi connectivity index (χ0v) is 17.8. The topological polar surface area (TPSA) is 117 Å². The number of nitrogens with zero attached hydrogens (tertiary/aromatic N) is 3. The first kappa shape index (κ1) is 20.7. The van der Waals surface area contributed by atoms with E-state index < -0.39 is 20.0 Å². The first-order chi connectivity index (χ1) is 13.1. The van der Waals surface area contributed by atoms with Gasteiger partial charge in [-0.25, -0.2) is 21.8 Å². The van der Waals surface area contributed by atoms with Crippen molar-refractivity contribution in [3.63, 3.8) is 0 Å². The molecule has 2 aromatic rings. The second-order valence-electron chi connectivity index (χ2n) is 6.30. The van der Waals surface area contributed by atoms with Crippen LogP contribution in [0.1, 0.15) is 15.4 Å². The number of carbonyl (C=O) groups is 1.